The zero-order valence-electron chi connectivity index (χ0n) is 21.4. The van der Waals surface area contributed by atoms with E-state index in [0.717, 1.165) is 22.4 Å². The van der Waals surface area contributed by atoms with Gasteiger partial charge in [0, 0.05) is 29.1 Å². The zero-order valence-corrected chi connectivity index (χ0v) is 21.4. The third kappa shape index (κ3) is 6.42. The number of benzene rings is 3. The van der Waals surface area contributed by atoms with Crippen molar-refractivity contribution in [3.63, 3.8) is 0 Å². The first kappa shape index (κ1) is 26.0. The third-order valence-electron chi connectivity index (χ3n) is 5.84. The molecule has 0 spiro atoms. The minimum atomic E-state index is -0.472. The molecule has 0 fully saturated rings. The fourth-order valence-electron chi connectivity index (χ4n) is 3.63. The highest BCUT2D eigenvalue weighted by Crippen LogP contribution is 2.23. The molecule has 2 aromatic heterocycles. The molecular formula is C28H23FN8O3. The Morgan fingerprint density at radius 1 is 0.825 bits per heavy atom. The molecule has 40 heavy (non-hydrogen) atoms. The Labute approximate surface area is 228 Å². The molecule has 0 amide bonds. The summed E-state index contributed by atoms with van der Waals surface area (Å²) in [6.45, 7) is 4.03. The standard InChI is InChI=1S/C28H23FN8O3/c1-17-3-8-22(15-18(17)2)32-27-33-26(31-21-9-11-23(12-10-21)37(38)39)34-28(35-27)36-30-16-24-13-14-25(40-24)19-4-6-20(29)7-5-19/h3-16H,1-2H3,(H3,31,32,33,34,35,36). The molecule has 5 rings (SSSR count). The summed E-state index contributed by atoms with van der Waals surface area (Å²) in [5, 5.41) is 21.3. The van der Waals surface area contributed by atoms with Gasteiger partial charge < -0.3 is 15.1 Å². The summed E-state index contributed by atoms with van der Waals surface area (Å²) < 4.78 is 19.0. The fraction of sp³-hybridized carbons (Fsp3) is 0.0714. The van der Waals surface area contributed by atoms with E-state index in [-0.39, 0.29) is 29.3 Å². The number of nitrogens with one attached hydrogen (secondary N) is 3. The van der Waals surface area contributed by atoms with Gasteiger partial charge in [0.2, 0.25) is 17.8 Å². The number of rotatable bonds is 9. The third-order valence-corrected chi connectivity index (χ3v) is 5.84. The molecule has 0 saturated heterocycles. The van der Waals surface area contributed by atoms with Crippen molar-refractivity contribution in [3.8, 4) is 11.3 Å². The number of nitrogens with zero attached hydrogens (tertiary/aromatic N) is 5. The van der Waals surface area contributed by atoms with Crippen LogP contribution in [0.5, 0.6) is 0 Å². The Morgan fingerprint density at radius 2 is 1.48 bits per heavy atom. The first-order chi connectivity index (χ1) is 19.3. The van der Waals surface area contributed by atoms with E-state index >= 15 is 0 Å². The van der Waals surface area contributed by atoms with Gasteiger partial charge in [-0.25, -0.2) is 9.82 Å². The molecule has 2 heterocycles. The number of aryl methyl sites for hydroxylation is 2. The summed E-state index contributed by atoms with van der Waals surface area (Å²) in [5.74, 6) is 1.26. The molecule has 0 aliphatic heterocycles. The van der Waals surface area contributed by atoms with Gasteiger partial charge in [-0.2, -0.15) is 20.1 Å². The minimum absolute atomic E-state index is 0.0319. The van der Waals surface area contributed by atoms with E-state index in [2.05, 4.69) is 36.1 Å². The molecule has 0 atom stereocenters. The van der Waals surface area contributed by atoms with Crippen LogP contribution >= 0.6 is 0 Å². The lowest BCUT2D eigenvalue weighted by molar-refractivity contribution is -0.384. The van der Waals surface area contributed by atoms with Gasteiger partial charge in [-0.1, -0.05) is 6.07 Å². The van der Waals surface area contributed by atoms with Crippen molar-refractivity contribution in [1.82, 2.24) is 15.0 Å². The maximum Gasteiger partial charge on any atom is 0.269 e. The van der Waals surface area contributed by atoms with Gasteiger partial charge in [0.15, 0.2) is 0 Å². The zero-order chi connectivity index (χ0) is 28.1. The van der Waals surface area contributed by atoms with E-state index in [0.29, 0.717) is 17.2 Å². The van der Waals surface area contributed by atoms with Crippen molar-refractivity contribution in [2.24, 2.45) is 5.10 Å². The molecule has 11 nitrogen and oxygen atoms in total. The molecule has 12 heteroatoms. The van der Waals surface area contributed by atoms with Crippen LogP contribution in [0.4, 0.5) is 39.3 Å². The number of hydrogen-bond acceptors (Lipinski definition) is 10. The Balaban J connectivity index is 1.36. The van der Waals surface area contributed by atoms with E-state index in [1.807, 2.05) is 32.0 Å². The van der Waals surface area contributed by atoms with E-state index < -0.39 is 4.92 Å². The number of anilines is 5. The summed E-state index contributed by atoms with van der Waals surface area (Å²) in [7, 11) is 0. The van der Waals surface area contributed by atoms with Crippen molar-refractivity contribution in [2.75, 3.05) is 16.1 Å². The second-order valence-electron chi connectivity index (χ2n) is 8.74. The summed E-state index contributed by atoms with van der Waals surface area (Å²) in [6, 6.07) is 21.2. The highest BCUT2D eigenvalue weighted by molar-refractivity contribution is 5.78. The van der Waals surface area contributed by atoms with Gasteiger partial charge >= 0.3 is 0 Å². The molecule has 0 saturated carbocycles. The maximum atomic E-state index is 13.2. The fourth-order valence-corrected chi connectivity index (χ4v) is 3.63. The van der Waals surface area contributed by atoms with Crippen LogP contribution < -0.4 is 16.1 Å². The normalized spacial score (nSPS) is 11.0. The Kier molecular flexibility index (Phi) is 7.40. The van der Waals surface area contributed by atoms with Crippen molar-refractivity contribution in [3.05, 3.63) is 112 Å². The quantitative estimate of drug-likeness (QED) is 0.106. The molecule has 0 unspecified atom stereocenters. The van der Waals surface area contributed by atoms with Crippen molar-refractivity contribution in [1.29, 1.82) is 0 Å². The maximum absolute atomic E-state index is 13.2. The van der Waals surface area contributed by atoms with Crippen LogP contribution in [-0.4, -0.2) is 26.1 Å². The van der Waals surface area contributed by atoms with Gasteiger partial charge in [0.25, 0.3) is 5.69 Å². The number of furan rings is 1. The van der Waals surface area contributed by atoms with Crippen LogP contribution in [-0.2, 0) is 0 Å². The highest BCUT2D eigenvalue weighted by Gasteiger charge is 2.10. The SMILES string of the molecule is Cc1ccc(Nc2nc(NN=Cc3ccc(-c4ccc(F)cc4)o3)nc(Nc3ccc([N+](=O)[O-])cc3)n2)cc1C. The van der Waals surface area contributed by atoms with Crippen LogP contribution in [0.15, 0.2) is 88.4 Å². The molecule has 0 aliphatic rings. The smallest absolute Gasteiger partial charge is 0.269 e. The van der Waals surface area contributed by atoms with Gasteiger partial charge in [0.1, 0.15) is 17.3 Å². The molecule has 200 valence electrons. The van der Waals surface area contributed by atoms with Crippen molar-refractivity contribution >= 4 is 41.1 Å². The number of nitro benzene ring substituents is 1. The van der Waals surface area contributed by atoms with Gasteiger partial charge in [0.05, 0.1) is 11.1 Å². The van der Waals surface area contributed by atoms with E-state index in [1.54, 1.807) is 36.4 Å². The number of hydrogen-bond donors (Lipinski definition) is 3. The monoisotopic (exact) mass is 538 g/mol. The topological polar surface area (TPSA) is 143 Å². The molecule has 0 radical (unpaired) electrons. The van der Waals surface area contributed by atoms with Gasteiger partial charge in [-0.05, 0) is 85.6 Å². The van der Waals surface area contributed by atoms with Crippen molar-refractivity contribution in [2.45, 2.75) is 13.8 Å². The van der Waals surface area contributed by atoms with Crippen LogP contribution in [0.2, 0.25) is 0 Å². The lowest BCUT2D eigenvalue weighted by Gasteiger charge is -2.11. The Bertz CT molecular complexity index is 1690. The van der Waals surface area contributed by atoms with Crippen LogP contribution in [0.1, 0.15) is 16.9 Å². The number of halogens is 1. The number of nitro groups is 1. The summed E-state index contributed by atoms with van der Waals surface area (Å²) in [5.41, 5.74) is 7.06. The number of non-ortho nitro benzene ring substituents is 1. The minimum Gasteiger partial charge on any atom is -0.455 e. The largest absolute Gasteiger partial charge is 0.455 e. The van der Waals surface area contributed by atoms with Crippen molar-refractivity contribution < 1.29 is 13.7 Å². The van der Waals surface area contributed by atoms with E-state index in [9.17, 15) is 14.5 Å². The Hall–Kier alpha value is -5.65. The lowest BCUT2D eigenvalue weighted by Crippen LogP contribution is -2.07. The van der Waals surface area contributed by atoms with Crippen LogP contribution in [0.25, 0.3) is 11.3 Å². The van der Waals surface area contributed by atoms with E-state index in [1.165, 1.54) is 30.5 Å². The summed E-state index contributed by atoms with van der Waals surface area (Å²) in [6.07, 6.45) is 1.46. The summed E-state index contributed by atoms with van der Waals surface area (Å²) in [4.78, 5) is 23.7. The first-order valence-electron chi connectivity index (χ1n) is 12.1. The molecule has 0 aliphatic carbocycles. The first-order valence-corrected chi connectivity index (χ1v) is 12.1. The average Bonchev–Trinajstić information content (AvgIpc) is 3.40. The number of aromatic nitrogens is 3. The van der Waals surface area contributed by atoms with Gasteiger partial charge in [-0.3, -0.25) is 10.1 Å². The van der Waals surface area contributed by atoms with E-state index in [4.69, 9.17) is 4.42 Å². The molecule has 0 bridgehead atoms. The van der Waals surface area contributed by atoms with Crippen LogP contribution in [0, 0.1) is 29.8 Å². The van der Waals surface area contributed by atoms with Crippen LogP contribution in [0.3, 0.4) is 0 Å². The lowest BCUT2D eigenvalue weighted by atomic mass is 10.1. The highest BCUT2D eigenvalue weighted by atomic mass is 19.1. The predicted octanol–water partition coefficient (Wildman–Crippen LogP) is 6.73. The molecular weight excluding hydrogens is 515 g/mol. The number of hydrazone groups is 1. The second-order valence-corrected chi connectivity index (χ2v) is 8.74. The molecule has 5 aromatic rings. The summed E-state index contributed by atoms with van der Waals surface area (Å²) >= 11 is 0. The molecule has 3 aromatic carbocycles. The second kappa shape index (κ2) is 11.4. The average molecular weight is 539 g/mol. The van der Waals surface area contributed by atoms with Gasteiger partial charge in [-0.15, -0.1) is 0 Å². The Morgan fingerprint density at radius 3 is 2.15 bits per heavy atom. The molecule has 3 N–H and O–H groups in total. The predicted molar refractivity (Wildman–Crippen MR) is 151 cm³/mol.